The number of hydrogen-bond donors (Lipinski definition) is 1. The highest BCUT2D eigenvalue weighted by molar-refractivity contribution is 9.11. The van der Waals surface area contributed by atoms with Crippen molar-refractivity contribution in [2.75, 3.05) is 6.61 Å². The number of benzene rings is 1. The average molecular weight is 525 g/mol. The van der Waals surface area contributed by atoms with Crippen LogP contribution in [0.1, 0.15) is 52.2 Å². The Morgan fingerprint density at radius 3 is 2.28 bits per heavy atom. The van der Waals surface area contributed by atoms with Gasteiger partial charge in [-0.05, 0) is 84.5 Å². The molecule has 0 radical (unpaired) electrons. The van der Waals surface area contributed by atoms with E-state index in [1.54, 1.807) is 30.7 Å². The largest absolute Gasteiger partial charge is 0.481 e. The molecule has 5 nitrogen and oxygen atoms in total. The molecule has 29 heavy (non-hydrogen) atoms. The van der Waals surface area contributed by atoms with Crippen molar-refractivity contribution < 1.29 is 9.53 Å². The standard InChI is InChI=1S/C22H27Br2N3O2/c1-21(2,3)14-22(4,5)16-10-17(23)20(18(24)11-16)29-13-19(28)27-26-12-15-6-8-25-9-7-15/h6-12H,13-14H2,1-5H3,(H,27,28)/b26-12-. The number of ether oxygens (including phenoxy) is 1. The molecule has 1 heterocycles. The predicted octanol–water partition coefficient (Wildman–Crippen LogP) is 5.85. The average Bonchev–Trinajstić information content (AvgIpc) is 2.59. The zero-order chi connectivity index (χ0) is 21.7. The molecule has 1 N–H and O–H groups in total. The molecule has 156 valence electrons. The van der Waals surface area contributed by atoms with E-state index in [1.807, 2.05) is 0 Å². The summed E-state index contributed by atoms with van der Waals surface area (Å²) in [6, 6.07) is 7.71. The number of hydrogen-bond acceptors (Lipinski definition) is 4. The molecular formula is C22H27Br2N3O2. The van der Waals surface area contributed by atoms with Gasteiger partial charge in [0.2, 0.25) is 0 Å². The van der Waals surface area contributed by atoms with Crippen molar-refractivity contribution in [2.45, 2.75) is 46.5 Å². The van der Waals surface area contributed by atoms with Crippen LogP contribution in [0.5, 0.6) is 5.75 Å². The zero-order valence-electron chi connectivity index (χ0n) is 17.4. The number of rotatable bonds is 7. The van der Waals surface area contributed by atoms with E-state index in [9.17, 15) is 4.79 Å². The zero-order valence-corrected chi connectivity index (χ0v) is 20.6. The van der Waals surface area contributed by atoms with Gasteiger partial charge in [-0.2, -0.15) is 5.10 Å². The molecule has 7 heteroatoms. The summed E-state index contributed by atoms with van der Waals surface area (Å²) in [5.74, 6) is 0.250. The van der Waals surface area contributed by atoms with Crippen molar-refractivity contribution in [1.29, 1.82) is 0 Å². The third-order valence-corrected chi connectivity index (χ3v) is 5.39. The Labute approximate surface area is 189 Å². The van der Waals surface area contributed by atoms with Crippen molar-refractivity contribution >= 4 is 44.0 Å². The molecule has 0 saturated heterocycles. The maximum Gasteiger partial charge on any atom is 0.277 e. The molecule has 0 bridgehead atoms. The first-order chi connectivity index (χ1) is 13.5. The number of nitrogens with one attached hydrogen (secondary N) is 1. The molecule has 0 aliphatic carbocycles. The number of carbonyl (C=O) groups is 1. The van der Waals surface area contributed by atoms with Gasteiger partial charge in [-0.3, -0.25) is 9.78 Å². The van der Waals surface area contributed by atoms with Crippen molar-refractivity contribution in [1.82, 2.24) is 10.4 Å². The molecule has 2 rings (SSSR count). The summed E-state index contributed by atoms with van der Waals surface area (Å²) in [7, 11) is 0. The molecule has 0 fully saturated rings. The number of amides is 1. The van der Waals surface area contributed by atoms with Gasteiger partial charge in [-0.15, -0.1) is 0 Å². The highest BCUT2D eigenvalue weighted by Crippen LogP contribution is 2.42. The van der Waals surface area contributed by atoms with Crippen molar-refractivity contribution in [3.63, 3.8) is 0 Å². The number of pyridine rings is 1. The number of nitrogens with zero attached hydrogens (tertiary/aromatic N) is 2. The lowest BCUT2D eigenvalue weighted by molar-refractivity contribution is -0.123. The molecule has 1 aromatic carbocycles. The van der Waals surface area contributed by atoms with Crippen LogP contribution in [0.4, 0.5) is 0 Å². The fourth-order valence-electron chi connectivity index (χ4n) is 3.31. The van der Waals surface area contributed by atoms with E-state index in [-0.39, 0.29) is 23.3 Å². The number of halogens is 2. The third kappa shape index (κ3) is 7.55. The highest BCUT2D eigenvalue weighted by Gasteiger charge is 2.28. The Balaban J connectivity index is 2.01. The number of hydrazone groups is 1. The molecule has 0 spiro atoms. The molecule has 0 unspecified atom stereocenters. The maximum absolute atomic E-state index is 12.0. The monoisotopic (exact) mass is 523 g/mol. The van der Waals surface area contributed by atoms with Crippen molar-refractivity contribution in [3.8, 4) is 5.75 Å². The lowest BCUT2D eigenvalue weighted by atomic mass is 9.72. The summed E-state index contributed by atoms with van der Waals surface area (Å²) in [5, 5.41) is 3.92. The van der Waals surface area contributed by atoms with Gasteiger partial charge in [0.05, 0.1) is 15.2 Å². The van der Waals surface area contributed by atoms with Crippen LogP contribution < -0.4 is 10.2 Å². The van der Waals surface area contributed by atoms with Gasteiger partial charge in [0.1, 0.15) is 5.75 Å². The first-order valence-corrected chi connectivity index (χ1v) is 10.9. The summed E-state index contributed by atoms with van der Waals surface area (Å²) in [6.07, 6.45) is 5.91. The molecule has 0 aliphatic rings. The van der Waals surface area contributed by atoms with Gasteiger partial charge in [-0.1, -0.05) is 34.6 Å². The normalized spacial score (nSPS) is 12.2. The van der Waals surface area contributed by atoms with Crippen molar-refractivity contribution in [3.05, 3.63) is 56.7 Å². The molecule has 2 aromatic rings. The first kappa shape index (κ1) is 23.5. The summed E-state index contributed by atoms with van der Waals surface area (Å²) < 4.78 is 7.32. The van der Waals surface area contributed by atoms with E-state index in [0.29, 0.717) is 5.75 Å². The summed E-state index contributed by atoms with van der Waals surface area (Å²) >= 11 is 7.16. The Kier molecular flexibility index (Phi) is 8.00. The van der Waals surface area contributed by atoms with Crippen LogP contribution in [-0.2, 0) is 10.2 Å². The fraction of sp³-hybridized carbons (Fsp3) is 0.409. The second-order valence-electron chi connectivity index (χ2n) is 8.75. The van der Waals surface area contributed by atoms with Crippen LogP contribution in [0.25, 0.3) is 0 Å². The van der Waals surface area contributed by atoms with Gasteiger partial charge in [0.15, 0.2) is 6.61 Å². The van der Waals surface area contributed by atoms with Gasteiger partial charge in [0, 0.05) is 12.4 Å². The number of aromatic nitrogens is 1. The Morgan fingerprint density at radius 2 is 1.72 bits per heavy atom. The Hall–Kier alpha value is -1.73. The highest BCUT2D eigenvalue weighted by atomic mass is 79.9. The van der Waals surface area contributed by atoms with Gasteiger partial charge >= 0.3 is 0 Å². The third-order valence-electron chi connectivity index (χ3n) is 4.21. The molecule has 0 aliphatic heterocycles. The van der Waals surface area contributed by atoms with E-state index < -0.39 is 0 Å². The molecule has 1 amide bonds. The van der Waals surface area contributed by atoms with Crippen LogP contribution >= 0.6 is 31.9 Å². The van der Waals surface area contributed by atoms with Crippen LogP contribution in [0, 0.1) is 5.41 Å². The molecular weight excluding hydrogens is 498 g/mol. The topological polar surface area (TPSA) is 63.6 Å². The molecule has 0 saturated carbocycles. The quantitative estimate of drug-likeness (QED) is 0.365. The van der Waals surface area contributed by atoms with Crippen LogP contribution in [-0.4, -0.2) is 23.7 Å². The van der Waals surface area contributed by atoms with Crippen molar-refractivity contribution in [2.24, 2.45) is 10.5 Å². The van der Waals surface area contributed by atoms with Crippen LogP contribution in [0.3, 0.4) is 0 Å². The Bertz CT molecular complexity index is 852. The van der Waals surface area contributed by atoms with E-state index in [4.69, 9.17) is 4.74 Å². The summed E-state index contributed by atoms with van der Waals surface area (Å²) in [6.45, 7) is 11.1. The van der Waals surface area contributed by atoms with Gasteiger partial charge < -0.3 is 4.74 Å². The van der Waals surface area contributed by atoms with Gasteiger partial charge in [-0.25, -0.2) is 5.43 Å². The molecule has 0 atom stereocenters. The second kappa shape index (κ2) is 9.85. The molecule has 1 aromatic heterocycles. The predicted molar refractivity (Wildman–Crippen MR) is 124 cm³/mol. The lowest BCUT2D eigenvalue weighted by Gasteiger charge is -2.33. The van der Waals surface area contributed by atoms with E-state index in [2.05, 4.69) is 94.1 Å². The van der Waals surface area contributed by atoms with E-state index in [1.165, 1.54) is 5.56 Å². The summed E-state index contributed by atoms with van der Waals surface area (Å²) in [5.41, 5.74) is 4.72. The smallest absolute Gasteiger partial charge is 0.277 e. The second-order valence-corrected chi connectivity index (χ2v) is 10.5. The SMILES string of the molecule is CC(C)(C)CC(C)(C)c1cc(Br)c(OCC(=O)N/N=C\c2ccncc2)c(Br)c1. The minimum absolute atomic E-state index is 0.000861. The minimum Gasteiger partial charge on any atom is -0.481 e. The van der Waals surface area contributed by atoms with Crippen LogP contribution in [0.2, 0.25) is 0 Å². The first-order valence-electron chi connectivity index (χ1n) is 9.32. The van der Waals surface area contributed by atoms with Gasteiger partial charge in [0.25, 0.3) is 5.91 Å². The summed E-state index contributed by atoms with van der Waals surface area (Å²) in [4.78, 5) is 15.9. The van der Waals surface area contributed by atoms with Crippen LogP contribution in [0.15, 0.2) is 50.7 Å². The minimum atomic E-state index is -0.341. The fourth-order valence-corrected chi connectivity index (χ4v) is 4.73. The number of carbonyl (C=O) groups excluding carboxylic acids is 1. The van der Waals surface area contributed by atoms with E-state index in [0.717, 1.165) is 20.9 Å². The van der Waals surface area contributed by atoms with E-state index >= 15 is 0 Å². The maximum atomic E-state index is 12.0. The lowest BCUT2D eigenvalue weighted by Crippen LogP contribution is -2.26. The Morgan fingerprint density at radius 1 is 1.14 bits per heavy atom.